The van der Waals surface area contributed by atoms with Gasteiger partial charge in [0.2, 0.25) is 10.0 Å². The number of carbonyl (C=O) groups excluding carboxylic acids is 2. The molecule has 1 N–H and O–H groups in total. The lowest BCUT2D eigenvalue weighted by Gasteiger charge is -2.22. The Morgan fingerprint density at radius 3 is 2.13 bits per heavy atom. The fourth-order valence-electron chi connectivity index (χ4n) is 3.00. The summed E-state index contributed by atoms with van der Waals surface area (Å²) in [6.07, 6.45) is 1.15. The average molecular weight is 439 g/mol. The Labute approximate surface area is 181 Å². The molecule has 3 rings (SSSR count). The van der Waals surface area contributed by atoms with Crippen molar-refractivity contribution in [2.75, 3.05) is 23.0 Å². The standard InChI is InChI=1S/C23H22N2O5S/c1-30-23(27)20-10-6-7-11-21(20)24-22(26)18-14-12-17(13-15-18)16-25(31(2,28)29)19-8-4-3-5-9-19/h3-15H,16H2,1-2H3,(H,24,26). The van der Waals surface area contributed by atoms with Crippen LogP contribution in [-0.4, -0.2) is 33.7 Å². The van der Waals surface area contributed by atoms with Gasteiger partial charge in [-0.1, -0.05) is 42.5 Å². The van der Waals surface area contributed by atoms with Gasteiger partial charge in [-0.2, -0.15) is 0 Å². The maximum absolute atomic E-state index is 12.6. The maximum atomic E-state index is 12.6. The molecule has 0 aromatic heterocycles. The second kappa shape index (κ2) is 9.44. The van der Waals surface area contributed by atoms with Crippen molar-refractivity contribution in [2.24, 2.45) is 0 Å². The number of esters is 1. The van der Waals surface area contributed by atoms with Gasteiger partial charge in [-0.25, -0.2) is 13.2 Å². The molecule has 0 saturated carbocycles. The van der Waals surface area contributed by atoms with Crippen LogP contribution in [0.4, 0.5) is 11.4 Å². The lowest BCUT2D eigenvalue weighted by atomic mass is 10.1. The van der Waals surface area contributed by atoms with E-state index in [0.29, 0.717) is 16.9 Å². The Bertz CT molecular complexity index is 1180. The first-order valence-corrected chi connectivity index (χ1v) is 11.2. The van der Waals surface area contributed by atoms with E-state index in [2.05, 4.69) is 5.32 Å². The van der Waals surface area contributed by atoms with Crippen molar-refractivity contribution in [3.63, 3.8) is 0 Å². The monoisotopic (exact) mass is 438 g/mol. The summed E-state index contributed by atoms with van der Waals surface area (Å²) in [4.78, 5) is 24.5. The molecule has 0 saturated heterocycles. The van der Waals surface area contributed by atoms with Crippen molar-refractivity contribution < 1.29 is 22.7 Å². The fraction of sp³-hybridized carbons (Fsp3) is 0.130. The molecule has 3 aromatic rings. The van der Waals surface area contributed by atoms with Crippen LogP contribution in [0.3, 0.4) is 0 Å². The topological polar surface area (TPSA) is 92.8 Å². The van der Waals surface area contributed by atoms with E-state index < -0.39 is 21.9 Å². The molecule has 0 spiro atoms. The minimum Gasteiger partial charge on any atom is -0.465 e. The van der Waals surface area contributed by atoms with Gasteiger partial charge < -0.3 is 10.1 Å². The molecule has 0 atom stereocenters. The normalized spacial score (nSPS) is 10.9. The van der Waals surface area contributed by atoms with Gasteiger partial charge in [0.25, 0.3) is 5.91 Å². The molecule has 160 valence electrons. The second-order valence-electron chi connectivity index (χ2n) is 6.79. The summed E-state index contributed by atoms with van der Waals surface area (Å²) in [6.45, 7) is 0.135. The predicted molar refractivity (Wildman–Crippen MR) is 120 cm³/mol. The lowest BCUT2D eigenvalue weighted by molar-refractivity contribution is 0.0602. The lowest BCUT2D eigenvalue weighted by Crippen LogP contribution is -2.29. The summed E-state index contributed by atoms with van der Waals surface area (Å²) in [5.74, 6) is -0.945. The Balaban J connectivity index is 1.77. The molecule has 0 heterocycles. The van der Waals surface area contributed by atoms with Crippen molar-refractivity contribution in [2.45, 2.75) is 6.54 Å². The van der Waals surface area contributed by atoms with Crippen molar-refractivity contribution in [3.05, 3.63) is 95.6 Å². The van der Waals surface area contributed by atoms with Crippen LogP contribution in [0.15, 0.2) is 78.9 Å². The summed E-state index contributed by atoms with van der Waals surface area (Å²) in [5.41, 5.74) is 2.25. The number of carbonyl (C=O) groups is 2. The molecule has 3 aromatic carbocycles. The molecule has 31 heavy (non-hydrogen) atoms. The molecule has 7 nitrogen and oxygen atoms in total. The zero-order valence-electron chi connectivity index (χ0n) is 17.1. The number of para-hydroxylation sites is 2. The molecule has 0 bridgehead atoms. The van der Waals surface area contributed by atoms with Crippen LogP contribution in [0.25, 0.3) is 0 Å². The number of sulfonamides is 1. The first kappa shape index (κ1) is 22.0. The van der Waals surface area contributed by atoms with Gasteiger partial charge in [-0.15, -0.1) is 0 Å². The minimum atomic E-state index is -3.49. The van der Waals surface area contributed by atoms with Gasteiger partial charge in [0.15, 0.2) is 0 Å². The number of methoxy groups -OCH3 is 1. The molecular formula is C23H22N2O5S. The smallest absolute Gasteiger partial charge is 0.339 e. The number of amides is 1. The first-order chi connectivity index (χ1) is 14.8. The van der Waals surface area contributed by atoms with Crippen LogP contribution in [0.5, 0.6) is 0 Å². The highest BCUT2D eigenvalue weighted by atomic mass is 32.2. The third kappa shape index (κ3) is 5.49. The van der Waals surface area contributed by atoms with Crippen LogP contribution >= 0.6 is 0 Å². The molecule has 0 fully saturated rings. The predicted octanol–water partition coefficient (Wildman–Crippen LogP) is 3.69. The van der Waals surface area contributed by atoms with E-state index in [1.807, 2.05) is 6.07 Å². The first-order valence-electron chi connectivity index (χ1n) is 9.40. The van der Waals surface area contributed by atoms with Crippen LogP contribution in [0, 0.1) is 0 Å². The van der Waals surface area contributed by atoms with Crippen LogP contribution in [0.1, 0.15) is 26.3 Å². The van der Waals surface area contributed by atoms with Crippen molar-refractivity contribution in [3.8, 4) is 0 Å². The van der Waals surface area contributed by atoms with Crippen molar-refractivity contribution in [1.29, 1.82) is 0 Å². The molecule has 1 amide bonds. The number of rotatable bonds is 7. The number of hydrogen-bond donors (Lipinski definition) is 1. The van der Waals surface area contributed by atoms with E-state index in [1.54, 1.807) is 72.8 Å². The minimum absolute atomic E-state index is 0.135. The zero-order valence-corrected chi connectivity index (χ0v) is 17.9. The van der Waals surface area contributed by atoms with Crippen LogP contribution in [-0.2, 0) is 21.3 Å². The quantitative estimate of drug-likeness (QED) is 0.568. The fourth-order valence-corrected chi connectivity index (χ4v) is 3.88. The van der Waals surface area contributed by atoms with E-state index in [-0.39, 0.29) is 12.1 Å². The summed E-state index contributed by atoms with van der Waals surface area (Å²) in [7, 11) is -2.22. The van der Waals surface area contributed by atoms with Crippen LogP contribution in [0.2, 0.25) is 0 Å². The summed E-state index contributed by atoms with van der Waals surface area (Å²) in [5, 5.41) is 2.71. The SMILES string of the molecule is COC(=O)c1ccccc1NC(=O)c1ccc(CN(c2ccccc2)S(C)(=O)=O)cc1. The highest BCUT2D eigenvalue weighted by molar-refractivity contribution is 7.92. The summed E-state index contributed by atoms with van der Waals surface area (Å²) < 4.78 is 30.5. The van der Waals surface area contributed by atoms with Gasteiger partial charge in [-0.05, 0) is 42.0 Å². The molecule has 0 aliphatic rings. The van der Waals surface area contributed by atoms with E-state index >= 15 is 0 Å². The van der Waals surface area contributed by atoms with E-state index in [9.17, 15) is 18.0 Å². The summed E-state index contributed by atoms with van der Waals surface area (Å²) in [6, 6.07) is 22.0. The third-order valence-corrected chi connectivity index (χ3v) is 5.71. The Hall–Kier alpha value is -3.65. The highest BCUT2D eigenvalue weighted by Gasteiger charge is 2.18. The average Bonchev–Trinajstić information content (AvgIpc) is 2.77. The summed E-state index contributed by atoms with van der Waals surface area (Å²) >= 11 is 0. The number of nitrogens with zero attached hydrogens (tertiary/aromatic N) is 1. The highest BCUT2D eigenvalue weighted by Crippen LogP contribution is 2.21. The number of hydrogen-bond acceptors (Lipinski definition) is 5. The van der Waals surface area contributed by atoms with Gasteiger partial charge >= 0.3 is 5.97 Å². The number of benzene rings is 3. The van der Waals surface area contributed by atoms with E-state index in [0.717, 1.165) is 11.8 Å². The second-order valence-corrected chi connectivity index (χ2v) is 8.70. The maximum Gasteiger partial charge on any atom is 0.339 e. The van der Waals surface area contributed by atoms with Gasteiger partial charge in [0, 0.05) is 5.56 Å². The third-order valence-electron chi connectivity index (χ3n) is 4.57. The molecule has 8 heteroatoms. The number of nitrogens with one attached hydrogen (secondary N) is 1. The van der Waals surface area contributed by atoms with Gasteiger partial charge in [-0.3, -0.25) is 9.10 Å². The van der Waals surface area contributed by atoms with E-state index in [4.69, 9.17) is 4.74 Å². The molecular weight excluding hydrogens is 416 g/mol. The van der Waals surface area contributed by atoms with E-state index in [1.165, 1.54) is 11.4 Å². The van der Waals surface area contributed by atoms with Crippen molar-refractivity contribution in [1.82, 2.24) is 0 Å². The van der Waals surface area contributed by atoms with Gasteiger partial charge in [0.05, 0.1) is 36.8 Å². The number of anilines is 2. The van der Waals surface area contributed by atoms with Crippen molar-refractivity contribution >= 4 is 33.3 Å². The number of ether oxygens (including phenoxy) is 1. The molecule has 0 aliphatic heterocycles. The van der Waals surface area contributed by atoms with Crippen LogP contribution < -0.4 is 9.62 Å². The molecule has 0 radical (unpaired) electrons. The Morgan fingerprint density at radius 2 is 1.52 bits per heavy atom. The Kier molecular flexibility index (Phi) is 6.71. The zero-order chi connectivity index (χ0) is 22.4. The van der Waals surface area contributed by atoms with Gasteiger partial charge in [0.1, 0.15) is 0 Å². The molecule has 0 aliphatic carbocycles. The largest absolute Gasteiger partial charge is 0.465 e. The Morgan fingerprint density at radius 1 is 0.903 bits per heavy atom. The molecule has 0 unspecified atom stereocenters.